The summed E-state index contributed by atoms with van der Waals surface area (Å²) >= 11 is 0. The molecule has 1 aromatic heterocycles. The van der Waals surface area contributed by atoms with Gasteiger partial charge < -0.3 is 9.32 Å². The molecule has 3 rings (SSSR count). The van der Waals surface area contributed by atoms with Gasteiger partial charge in [0.1, 0.15) is 11.6 Å². The fraction of sp³-hybridized carbons (Fsp3) is 0.526. The van der Waals surface area contributed by atoms with Crippen molar-refractivity contribution in [1.82, 2.24) is 9.88 Å². The van der Waals surface area contributed by atoms with Crippen LogP contribution in [0.25, 0.3) is 0 Å². The second-order valence-corrected chi connectivity index (χ2v) is 6.93. The van der Waals surface area contributed by atoms with Gasteiger partial charge in [-0.15, -0.1) is 0 Å². The Bertz CT molecular complexity index is 638. The first kappa shape index (κ1) is 16.2. The van der Waals surface area contributed by atoms with E-state index in [1.807, 2.05) is 6.07 Å². The number of hydrogen-bond acceptors (Lipinski definition) is 3. The minimum absolute atomic E-state index is 0.189. The number of likely N-dealkylation sites (tertiary alicyclic amines) is 1. The summed E-state index contributed by atoms with van der Waals surface area (Å²) in [6.45, 7) is 7.80. The van der Waals surface area contributed by atoms with E-state index in [4.69, 9.17) is 4.42 Å². The van der Waals surface area contributed by atoms with Gasteiger partial charge in [0, 0.05) is 25.4 Å². The van der Waals surface area contributed by atoms with E-state index in [-0.39, 0.29) is 5.82 Å². The molecule has 124 valence electrons. The van der Waals surface area contributed by atoms with Gasteiger partial charge in [-0.3, -0.25) is 0 Å². The molecular weight excluding hydrogens is 291 g/mol. The topological polar surface area (TPSA) is 29.3 Å². The van der Waals surface area contributed by atoms with Crippen molar-refractivity contribution in [3.63, 3.8) is 0 Å². The molecule has 0 saturated carbocycles. The fourth-order valence-corrected chi connectivity index (χ4v) is 3.36. The van der Waals surface area contributed by atoms with Crippen LogP contribution < -0.4 is 0 Å². The van der Waals surface area contributed by atoms with Gasteiger partial charge in [-0.1, -0.05) is 32.0 Å². The van der Waals surface area contributed by atoms with Crippen molar-refractivity contribution in [2.24, 2.45) is 5.92 Å². The standard InChI is InChI=1S/C19H25FN2O/c1-14(2)12-22-9-5-7-16(13-22)19-21-11-17(23-19)10-15-6-3-4-8-18(15)20/h3-4,6,8,11,14,16H,5,7,9-10,12-13H2,1-2H3/t16-/m0/s1. The van der Waals surface area contributed by atoms with Crippen LogP contribution in [-0.4, -0.2) is 29.5 Å². The Morgan fingerprint density at radius 2 is 2.17 bits per heavy atom. The lowest BCUT2D eigenvalue weighted by molar-refractivity contribution is 0.175. The first-order valence-electron chi connectivity index (χ1n) is 8.52. The molecule has 4 heteroatoms. The highest BCUT2D eigenvalue weighted by Gasteiger charge is 2.25. The third kappa shape index (κ3) is 4.20. The molecule has 0 aliphatic carbocycles. The lowest BCUT2D eigenvalue weighted by Crippen LogP contribution is -2.36. The number of halogens is 1. The number of oxazole rings is 1. The molecule has 1 aliphatic rings. The lowest BCUT2D eigenvalue weighted by atomic mass is 9.97. The summed E-state index contributed by atoms with van der Waals surface area (Å²) in [7, 11) is 0. The van der Waals surface area contributed by atoms with Crippen LogP contribution in [0.5, 0.6) is 0 Å². The highest BCUT2D eigenvalue weighted by molar-refractivity contribution is 5.21. The number of nitrogens with zero attached hydrogens (tertiary/aromatic N) is 2. The SMILES string of the molecule is CC(C)CN1CCC[C@H](c2ncc(Cc3ccccc3F)o2)C1. The summed E-state index contributed by atoms with van der Waals surface area (Å²) in [5.41, 5.74) is 0.653. The third-order valence-electron chi connectivity index (χ3n) is 4.37. The Balaban J connectivity index is 1.66. The van der Waals surface area contributed by atoms with Crippen LogP contribution in [0.3, 0.4) is 0 Å². The molecule has 1 aliphatic heterocycles. The molecule has 0 N–H and O–H groups in total. The molecule has 3 nitrogen and oxygen atoms in total. The molecule has 0 amide bonds. The zero-order valence-electron chi connectivity index (χ0n) is 14.0. The van der Waals surface area contributed by atoms with Crippen molar-refractivity contribution >= 4 is 0 Å². The van der Waals surface area contributed by atoms with Crippen LogP contribution >= 0.6 is 0 Å². The summed E-state index contributed by atoms with van der Waals surface area (Å²) in [5, 5.41) is 0. The van der Waals surface area contributed by atoms with E-state index in [1.165, 1.54) is 12.5 Å². The molecule has 1 fully saturated rings. The van der Waals surface area contributed by atoms with Gasteiger partial charge in [-0.25, -0.2) is 9.37 Å². The van der Waals surface area contributed by atoms with Crippen LogP contribution in [0.1, 0.15) is 49.8 Å². The van der Waals surface area contributed by atoms with Crippen LogP contribution in [0.4, 0.5) is 4.39 Å². The zero-order valence-corrected chi connectivity index (χ0v) is 14.0. The molecule has 1 atom stereocenters. The van der Waals surface area contributed by atoms with Crippen molar-refractivity contribution in [2.45, 2.75) is 39.0 Å². The van der Waals surface area contributed by atoms with Crippen LogP contribution in [0, 0.1) is 11.7 Å². The highest BCUT2D eigenvalue weighted by Crippen LogP contribution is 2.27. The Morgan fingerprint density at radius 3 is 2.96 bits per heavy atom. The van der Waals surface area contributed by atoms with Gasteiger partial charge >= 0.3 is 0 Å². The molecule has 0 radical (unpaired) electrons. The molecule has 0 bridgehead atoms. The molecule has 2 heterocycles. The molecule has 1 aromatic carbocycles. The monoisotopic (exact) mass is 316 g/mol. The smallest absolute Gasteiger partial charge is 0.198 e. The van der Waals surface area contributed by atoms with Gasteiger partial charge in [0.15, 0.2) is 5.89 Å². The van der Waals surface area contributed by atoms with Crippen molar-refractivity contribution in [3.8, 4) is 0 Å². The van der Waals surface area contributed by atoms with E-state index in [1.54, 1.807) is 18.3 Å². The van der Waals surface area contributed by atoms with Crippen molar-refractivity contribution in [2.75, 3.05) is 19.6 Å². The maximum atomic E-state index is 13.7. The van der Waals surface area contributed by atoms with E-state index < -0.39 is 0 Å². The largest absolute Gasteiger partial charge is 0.445 e. The first-order chi connectivity index (χ1) is 11.1. The number of hydrogen-bond donors (Lipinski definition) is 0. The van der Waals surface area contributed by atoms with Crippen LogP contribution in [0.2, 0.25) is 0 Å². The first-order valence-corrected chi connectivity index (χ1v) is 8.52. The van der Waals surface area contributed by atoms with Gasteiger partial charge in [0.2, 0.25) is 0 Å². The van der Waals surface area contributed by atoms with Gasteiger partial charge in [-0.05, 0) is 36.9 Å². The molecule has 23 heavy (non-hydrogen) atoms. The average Bonchev–Trinajstić information content (AvgIpc) is 2.98. The fourth-order valence-electron chi connectivity index (χ4n) is 3.36. The summed E-state index contributed by atoms with van der Waals surface area (Å²) in [5.74, 6) is 2.40. The molecular formula is C19H25FN2O. The number of rotatable bonds is 5. The number of piperidine rings is 1. The van der Waals surface area contributed by atoms with Crippen molar-refractivity contribution in [3.05, 3.63) is 53.5 Å². The van der Waals surface area contributed by atoms with Crippen LogP contribution in [0.15, 0.2) is 34.9 Å². The van der Waals surface area contributed by atoms with Gasteiger partial charge in [-0.2, -0.15) is 0 Å². The van der Waals surface area contributed by atoms with Gasteiger partial charge in [0.25, 0.3) is 0 Å². The maximum absolute atomic E-state index is 13.7. The number of aromatic nitrogens is 1. The molecule has 1 saturated heterocycles. The van der Waals surface area contributed by atoms with E-state index >= 15 is 0 Å². The quantitative estimate of drug-likeness (QED) is 0.826. The molecule has 2 aromatic rings. The normalized spacial score (nSPS) is 19.4. The Kier molecular flexibility index (Phi) is 5.11. The van der Waals surface area contributed by atoms with E-state index in [2.05, 4.69) is 23.7 Å². The number of benzene rings is 1. The predicted molar refractivity (Wildman–Crippen MR) is 89.0 cm³/mol. The Morgan fingerprint density at radius 1 is 1.35 bits per heavy atom. The summed E-state index contributed by atoms with van der Waals surface area (Å²) < 4.78 is 19.7. The van der Waals surface area contributed by atoms with E-state index in [9.17, 15) is 4.39 Å². The van der Waals surface area contributed by atoms with Crippen molar-refractivity contribution < 1.29 is 8.81 Å². The van der Waals surface area contributed by atoms with Gasteiger partial charge in [0.05, 0.1) is 6.20 Å². The predicted octanol–water partition coefficient (Wildman–Crippen LogP) is 4.24. The minimum atomic E-state index is -0.189. The Labute approximate surface area is 137 Å². The lowest BCUT2D eigenvalue weighted by Gasteiger charge is -2.32. The maximum Gasteiger partial charge on any atom is 0.198 e. The minimum Gasteiger partial charge on any atom is -0.445 e. The average molecular weight is 316 g/mol. The molecule has 0 spiro atoms. The second-order valence-electron chi connectivity index (χ2n) is 6.93. The summed E-state index contributed by atoms with van der Waals surface area (Å²) in [4.78, 5) is 6.96. The Hall–Kier alpha value is -1.68. The molecule has 0 unspecified atom stereocenters. The van der Waals surface area contributed by atoms with E-state index in [0.717, 1.165) is 37.7 Å². The highest BCUT2D eigenvalue weighted by atomic mass is 19.1. The summed E-state index contributed by atoms with van der Waals surface area (Å²) in [6.07, 6.45) is 4.52. The van der Waals surface area contributed by atoms with Crippen molar-refractivity contribution in [1.29, 1.82) is 0 Å². The summed E-state index contributed by atoms with van der Waals surface area (Å²) in [6, 6.07) is 6.83. The third-order valence-corrected chi connectivity index (χ3v) is 4.37. The second kappa shape index (κ2) is 7.26. The van der Waals surface area contributed by atoms with E-state index in [0.29, 0.717) is 23.8 Å². The van der Waals surface area contributed by atoms with Crippen LogP contribution in [-0.2, 0) is 6.42 Å². The zero-order chi connectivity index (χ0) is 16.2.